The fourth-order valence-electron chi connectivity index (χ4n) is 2.36. The predicted molar refractivity (Wildman–Crippen MR) is 123 cm³/mol. The maximum atomic E-state index is 5.65. The van der Waals surface area contributed by atoms with Gasteiger partial charge in [0.05, 0.1) is 23.9 Å². The second-order valence-corrected chi connectivity index (χ2v) is 5.89. The molecule has 5 heterocycles. The van der Waals surface area contributed by atoms with Gasteiger partial charge in [0, 0.05) is 17.0 Å². The van der Waals surface area contributed by atoms with Gasteiger partial charge in [0.15, 0.2) is 19.0 Å². The van der Waals surface area contributed by atoms with Gasteiger partial charge in [-0.3, -0.25) is 0 Å². The minimum absolute atomic E-state index is 0.962. The third-order valence-electron chi connectivity index (χ3n) is 3.67. The third-order valence-corrected chi connectivity index (χ3v) is 3.67. The number of fused-ring (bicyclic) bond motifs is 3. The van der Waals surface area contributed by atoms with E-state index < -0.39 is 0 Å². The number of aromatic nitrogens is 13. The largest absolute Gasteiger partial charge is 0.456 e. The van der Waals surface area contributed by atoms with Gasteiger partial charge >= 0.3 is 0 Å². The minimum Gasteiger partial charge on any atom is -0.456 e. The van der Waals surface area contributed by atoms with Gasteiger partial charge in [-0.2, -0.15) is 5.10 Å². The lowest BCUT2D eigenvalue weighted by molar-refractivity contribution is 0.292. The molecule has 2 aromatic carbocycles. The summed E-state index contributed by atoms with van der Waals surface area (Å²) in [5.74, 6) is 0. The number of hydrogen-bond donors (Lipinski definition) is 0. The quantitative estimate of drug-likeness (QED) is 0.304. The molecule has 178 valence electrons. The summed E-state index contributed by atoms with van der Waals surface area (Å²) >= 11 is 0. The summed E-state index contributed by atoms with van der Waals surface area (Å²) in [6, 6.07) is 17.9. The van der Waals surface area contributed by atoms with Gasteiger partial charge in [-0.05, 0) is 28.6 Å². The average Bonchev–Trinajstić information content (AvgIpc) is 3.69. The number of furan rings is 1. The van der Waals surface area contributed by atoms with Crippen molar-refractivity contribution in [3.63, 3.8) is 0 Å². The maximum Gasteiger partial charge on any atom is 0.183 e. The SMILES string of the molecule is c1ccc2c(c1)oc1ccccc12.c1cnncn1.c1cnnnc1.c1nncnn1.c1nnon1. The van der Waals surface area contributed by atoms with Gasteiger partial charge in [-0.1, -0.05) is 41.5 Å². The van der Waals surface area contributed by atoms with E-state index in [0.717, 1.165) is 11.2 Å². The van der Waals surface area contributed by atoms with Crippen molar-refractivity contribution in [3.05, 3.63) is 105 Å². The van der Waals surface area contributed by atoms with Crippen molar-refractivity contribution >= 4 is 21.9 Å². The molecule has 36 heavy (non-hydrogen) atoms. The summed E-state index contributed by atoms with van der Waals surface area (Å²) in [6.07, 6.45) is 11.4. The molecule has 0 radical (unpaired) electrons. The highest BCUT2D eigenvalue weighted by Gasteiger charge is 2.03. The van der Waals surface area contributed by atoms with Crippen LogP contribution >= 0.6 is 0 Å². The molecular formula is C21H17N13O2. The second kappa shape index (κ2) is 16.0. The minimum atomic E-state index is 0.962. The summed E-state index contributed by atoms with van der Waals surface area (Å²) in [5, 5.41) is 42.2. The van der Waals surface area contributed by atoms with Crippen LogP contribution in [0.3, 0.4) is 0 Å². The van der Waals surface area contributed by atoms with Crippen LogP contribution in [0.4, 0.5) is 0 Å². The standard InChI is InChI=1S/C12H8O.2C3H3N3.C2H2N4.CHN3O/c1-3-7-11-9(5-1)10-6-2-4-8-12(10)13-11;1-2-5-6-3-4-1;1-2-4-6-5-3-1;1-3-5-2-6-4-1;1-2-4-5-3-1/h1-8H;2*1-3H;1-2H;1H. The van der Waals surface area contributed by atoms with E-state index in [1.807, 2.05) is 36.4 Å². The zero-order valence-electron chi connectivity index (χ0n) is 18.4. The van der Waals surface area contributed by atoms with Crippen molar-refractivity contribution in [1.29, 1.82) is 0 Å². The highest BCUT2D eigenvalue weighted by Crippen LogP contribution is 2.27. The van der Waals surface area contributed by atoms with E-state index in [1.165, 1.54) is 42.3 Å². The lowest BCUT2D eigenvalue weighted by Crippen LogP contribution is -1.81. The molecule has 0 aliphatic heterocycles. The molecule has 15 nitrogen and oxygen atoms in total. The van der Waals surface area contributed by atoms with E-state index in [-0.39, 0.29) is 0 Å². The van der Waals surface area contributed by atoms with Crippen molar-refractivity contribution in [1.82, 2.24) is 66.5 Å². The molecule has 7 rings (SSSR count). The Morgan fingerprint density at radius 1 is 0.472 bits per heavy atom. The van der Waals surface area contributed by atoms with Gasteiger partial charge in [0.25, 0.3) is 0 Å². The first-order valence-electron chi connectivity index (χ1n) is 9.98. The van der Waals surface area contributed by atoms with Crippen LogP contribution in [0, 0.1) is 0 Å². The first kappa shape index (κ1) is 24.9. The molecule has 0 N–H and O–H groups in total. The van der Waals surface area contributed by atoms with Gasteiger partial charge in [-0.15, -0.1) is 35.7 Å². The summed E-state index contributed by atoms with van der Waals surface area (Å²) in [7, 11) is 0. The van der Waals surface area contributed by atoms with E-state index in [1.54, 1.807) is 24.7 Å². The highest BCUT2D eigenvalue weighted by atomic mass is 16.6. The lowest BCUT2D eigenvalue weighted by atomic mass is 10.2. The summed E-state index contributed by atoms with van der Waals surface area (Å²) in [6.45, 7) is 0. The molecule has 0 saturated carbocycles. The lowest BCUT2D eigenvalue weighted by Gasteiger charge is -1.85. The number of para-hydroxylation sites is 2. The number of rotatable bonds is 0. The van der Waals surface area contributed by atoms with Crippen LogP contribution in [0.1, 0.15) is 0 Å². The molecule has 0 aliphatic rings. The molecule has 0 fully saturated rings. The van der Waals surface area contributed by atoms with Crippen LogP contribution in [-0.4, -0.2) is 66.5 Å². The molecule has 15 heteroatoms. The van der Waals surface area contributed by atoms with E-state index in [2.05, 4.69) is 83.3 Å². The van der Waals surface area contributed by atoms with Crippen molar-refractivity contribution < 1.29 is 9.05 Å². The molecule has 0 amide bonds. The van der Waals surface area contributed by atoms with Crippen LogP contribution in [-0.2, 0) is 0 Å². The van der Waals surface area contributed by atoms with Crippen LogP contribution < -0.4 is 0 Å². The summed E-state index contributed by atoms with van der Waals surface area (Å²) in [5.41, 5.74) is 1.92. The zero-order chi connectivity index (χ0) is 24.9. The highest BCUT2D eigenvalue weighted by molar-refractivity contribution is 6.04. The molecular weight excluding hydrogens is 466 g/mol. The Bertz CT molecular complexity index is 1220. The summed E-state index contributed by atoms with van der Waals surface area (Å²) < 4.78 is 9.62. The fourth-order valence-corrected chi connectivity index (χ4v) is 2.36. The molecule has 0 atom stereocenters. The first-order valence-corrected chi connectivity index (χ1v) is 9.98. The molecule has 0 unspecified atom stereocenters. The van der Waals surface area contributed by atoms with E-state index in [0.29, 0.717) is 0 Å². The second-order valence-electron chi connectivity index (χ2n) is 5.89. The molecule has 0 bridgehead atoms. The predicted octanol–water partition coefficient (Wildman–Crippen LogP) is 2.06. The number of hydrogen-bond acceptors (Lipinski definition) is 15. The van der Waals surface area contributed by atoms with Crippen molar-refractivity contribution in [2.45, 2.75) is 0 Å². The van der Waals surface area contributed by atoms with Crippen LogP contribution in [0.5, 0.6) is 0 Å². The Labute approximate surface area is 202 Å². The van der Waals surface area contributed by atoms with Gasteiger partial charge in [-0.25, -0.2) is 9.61 Å². The Kier molecular flexibility index (Phi) is 11.0. The normalized spacial score (nSPS) is 9.11. The van der Waals surface area contributed by atoms with E-state index >= 15 is 0 Å². The van der Waals surface area contributed by atoms with E-state index in [4.69, 9.17) is 4.42 Å². The third kappa shape index (κ3) is 9.41. The van der Waals surface area contributed by atoms with Crippen LogP contribution in [0.15, 0.2) is 114 Å². The van der Waals surface area contributed by atoms with Crippen molar-refractivity contribution in [2.24, 2.45) is 0 Å². The first-order chi connectivity index (χ1) is 17.9. The topological polar surface area (TPSA) is 194 Å². The Morgan fingerprint density at radius 2 is 1.08 bits per heavy atom. The molecule has 5 aromatic heterocycles. The van der Waals surface area contributed by atoms with Crippen LogP contribution in [0.2, 0.25) is 0 Å². The Balaban J connectivity index is 0.000000134. The monoisotopic (exact) mass is 483 g/mol. The Hall–Kier alpha value is -5.73. The van der Waals surface area contributed by atoms with Crippen LogP contribution in [0.25, 0.3) is 21.9 Å². The number of benzene rings is 2. The molecule has 0 aliphatic carbocycles. The van der Waals surface area contributed by atoms with Gasteiger partial charge in [0.1, 0.15) is 17.5 Å². The van der Waals surface area contributed by atoms with Gasteiger partial charge < -0.3 is 4.42 Å². The smallest absolute Gasteiger partial charge is 0.183 e. The fraction of sp³-hybridized carbons (Fsp3) is 0. The average molecular weight is 483 g/mol. The maximum absolute atomic E-state index is 5.65. The molecule has 7 aromatic rings. The van der Waals surface area contributed by atoms with Crippen molar-refractivity contribution in [2.75, 3.05) is 0 Å². The summed E-state index contributed by atoms with van der Waals surface area (Å²) in [4.78, 5) is 3.61. The van der Waals surface area contributed by atoms with Gasteiger partial charge in [0.2, 0.25) is 0 Å². The zero-order valence-corrected chi connectivity index (χ0v) is 18.4. The molecule has 0 saturated heterocycles. The van der Waals surface area contributed by atoms with Crippen molar-refractivity contribution in [3.8, 4) is 0 Å². The Morgan fingerprint density at radius 3 is 1.39 bits per heavy atom. The number of nitrogens with zero attached hydrogens (tertiary/aromatic N) is 13. The molecule has 0 spiro atoms. The van der Waals surface area contributed by atoms with E-state index in [9.17, 15) is 0 Å².